The topological polar surface area (TPSA) is 29.9 Å². The Kier molecular flexibility index (Phi) is 3.64. The third-order valence-corrected chi connectivity index (χ3v) is 4.04. The summed E-state index contributed by atoms with van der Waals surface area (Å²) in [6, 6.07) is 4.71. The van der Waals surface area contributed by atoms with Crippen molar-refractivity contribution in [2.24, 2.45) is 7.05 Å². The van der Waals surface area contributed by atoms with E-state index in [0.29, 0.717) is 6.04 Å². The highest BCUT2D eigenvalue weighted by Gasteiger charge is 2.11. The molecule has 0 aliphatic rings. The first-order valence-corrected chi connectivity index (χ1v) is 6.66. The molecule has 0 aliphatic heterocycles. The van der Waals surface area contributed by atoms with Crippen LogP contribution in [0.5, 0.6) is 0 Å². The van der Waals surface area contributed by atoms with Gasteiger partial charge >= 0.3 is 0 Å². The van der Waals surface area contributed by atoms with Crippen molar-refractivity contribution in [2.75, 3.05) is 0 Å². The second kappa shape index (κ2) is 5.02. The molecule has 2 aromatic rings. The second-order valence-electron chi connectivity index (χ2n) is 4.42. The van der Waals surface area contributed by atoms with E-state index in [0.717, 1.165) is 6.54 Å². The number of nitrogens with one attached hydrogen (secondary N) is 1. The Morgan fingerprint density at radius 1 is 1.47 bits per heavy atom. The van der Waals surface area contributed by atoms with E-state index in [-0.39, 0.29) is 0 Å². The van der Waals surface area contributed by atoms with Gasteiger partial charge in [0.25, 0.3) is 0 Å². The van der Waals surface area contributed by atoms with E-state index in [4.69, 9.17) is 0 Å². The summed E-state index contributed by atoms with van der Waals surface area (Å²) in [6.07, 6.45) is 1.83. The molecule has 17 heavy (non-hydrogen) atoms. The average Bonchev–Trinajstić information content (AvgIpc) is 2.81. The van der Waals surface area contributed by atoms with Gasteiger partial charge in [-0.05, 0) is 38.5 Å². The quantitative estimate of drug-likeness (QED) is 0.903. The molecule has 0 amide bonds. The van der Waals surface area contributed by atoms with Crippen molar-refractivity contribution in [3.63, 3.8) is 0 Å². The largest absolute Gasteiger partial charge is 0.305 e. The van der Waals surface area contributed by atoms with Crippen LogP contribution >= 0.6 is 11.3 Å². The SMILES string of the molecule is Cc1cc(C(C)NCc2ccnn2C)c(C)s1. The van der Waals surface area contributed by atoms with Crippen LogP contribution in [0.1, 0.15) is 34.0 Å². The predicted octanol–water partition coefficient (Wildman–Crippen LogP) is 2.95. The summed E-state index contributed by atoms with van der Waals surface area (Å²) in [7, 11) is 1.97. The van der Waals surface area contributed by atoms with Gasteiger partial charge < -0.3 is 5.32 Å². The van der Waals surface area contributed by atoms with Crippen molar-refractivity contribution in [3.8, 4) is 0 Å². The fourth-order valence-electron chi connectivity index (χ4n) is 2.02. The number of thiophene rings is 1. The van der Waals surface area contributed by atoms with Crippen molar-refractivity contribution in [1.82, 2.24) is 15.1 Å². The molecule has 0 radical (unpaired) electrons. The van der Waals surface area contributed by atoms with Gasteiger partial charge in [0, 0.05) is 35.6 Å². The van der Waals surface area contributed by atoms with Crippen LogP contribution in [-0.4, -0.2) is 9.78 Å². The first-order chi connectivity index (χ1) is 8.08. The minimum absolute atomic E-state index is 0.384. The molecule has 0 aliphatic carbocycles. The van der Waals surface area contributed by atoms with Crippen LogP contribution in [0.3, 0.4) is 0 Å². The molecular formula is C13H19N3S. The van der Waals surface area contributed by atoms with E-state index >= 15 is 0 Å². The van der Waals surface area contributed by atoms with Crippen molar-refractivity contribution in [2.45, 2.75) is 33.4 Å². The zero-order chi connectivity index (χ0) is 12.4. The second-order valence-corrected chi connectivity index (χ2v) is 5.88. The molecule has 2 rings (SSSR count). The molecular weight excluding hydrogens is 230 g/mol. The molecule has 0 fully saturated rings. The summed E-state index contributed by atoms with van der Waals surface area (Å²) in [5.41, 5.74) is 2.62. The lowest BCUT2D eigenvalue weighted by molar-refractivity contribution is 0.548. The van der Waals surface area contributed by atoms with Gasteiger partial charge in [-0.1, -0.05) is 0 Å². The number of hydrogen-bond acceptors (Lipinski definition) is 3. The van der Waals surface area contributed by atoms with Crippen LogP contribution in [-0.2, 0) is 13.6 Å². The maximum Gasteiger partial charge on any atom is 0.0518 e. The Hall–Kier alpha value is -1.13. The molecule has 0 saturated carbocycles. The van der Waals surface area contributed by atoms with E-state index in [1.165, 1.54) is 21.0 Å². The minimum Gasteiger partial charge on any atom is -0.305 e. The van der Waals surface area contributed by atoms with Crippen molar-refractivity contribution < 1.29 is 0 Å². The van der Waals surface area contributed by atoms with Crippen molar-refractivity contribution >= 4 is 11.3 Å². The number of aromatic nitrogens is 2. The van der Waals surface area contributed by atoms with Crippen LogP contribution in [0, 0.1) is 13.8 Å². The maximum atomic E-state index is 4.17. The van der Waals surface area contributed by atoms with Gasteiger partial charge in [-0.2, -0.15) is 5.10 Å². The Bertz CT molecular complexity index is 498. The molecule has 4 heteroatoms. The zero-order valence-electron chi connectivity index (χ0n) is 10.8. The molecule has 2 heterocycles. The highest BCUT2D eigenvalue weighted by molar-refractivity contribution is 7.12. The van der Waals surface area contributed by atoms with Crippen LogP contribution in [0.2, 0.25) is 0 Å². The predicted molar refractivity (Wildman–Crippen MR) is 72.3 cm³/mol. The standard InChI is InChI=1S/C13H19N3S/c1-9-7-13(11(3)17-9)10(2)14-8-12-5-6-15-16(12)4/h5-7,10,14H,8H2,1-4H3. The molecule has 2 aromatic heterocycles. The van der Waals surface area contributed by atoms with E-state index in [1.807, 2.05) is 35.3 Å². The smallest absolute Gasteiger partial charge is 0.0518 e. The van der Waals surface area contributed by atoms with Gasteiger partial charge in [0.15, 0.2) is 0 Å². The van der Waals surface area contributed by atoms with Crippen molar-refractivity contribution in [1.29, 1.82) is 0 Å². The van der Waals surface area contributed by atoms with Gasteiger partial charge in [0.2, 0.25) is 0 Å². The molecule has 1 N–H and O–H groups in total. The molecule has 92 valence electrons. The minimum atomic E-state index is 0.384. The summed E-state index contributed by atoms with van der Waals surface area (Å²) in [5, 5.41) is 7.71. The lowest BCUT2D eigenvalue weighted by Gasteiger charge is -2.13. The van der Waals surface area contributed by atoms with E-state index in [9.17, 15) is 0 Å². The number of hydrogen-bond donors (Lipinski definition) is 1. The zero-order valence-corrected chi connectivity index (χ0v) is 11.6. The summed E-state index contributed by atoms with van der Waals surface area (Å²) in [6.45, 7) is 7.42. The first kappa shape index (κ1) is 12.3. The summed E-state index contributed by atoms with van der Waals surface area (Å²) in [4.78, 5) is 2.79. The fraction of sp³-hybridized carbons (Fsp3) is 0.462. The average molecular weight is 249 g/mol. The van der Waals surface area contributed by atoms with Gasteiger partial charge in [-0.15, -0.1) is 11.3 Å². The van der Waals surface area contributed by atoms with Crippen LogP contribution in [0.15, 0.2) is 18.3 Å². The maximum absolute atomic E-state index is 4.17. The lowest BCUT2D eigenvalue weighted by atomic mass is 10.1. The third kappa shape index (κ3) is 2.76. The third-order valence-electron chi connectivity index (χ3n) is 3.06. The Morgan fingerprint density at radius 3 is 2.76 bits per heavy atom. The number of rotatable bonds is 4. The van der Waals surface area contributed by atoms with E-state index in [1.54, 1.807) is 0 Å². The summed E-state index contributed by atoms with van der Waals surface area (Å²) < 4.78 is 1.91. The molecule has 0 spiro atoms. The molecule has 0 bridgehead atoms. The summed E-state index contributed by atoms with van der Waals surface area (Å²) in [5.74, 6) is 0. The lowest BCUT2D eigenvalue weighted by Crippen LogP contribution is -2.19. The Balaban J connectivity index is 2.00. The van der Waals surface area contributed by atoms with Crippen LogP contribution in [0.25, 0.3) is 0 Å². The Labute approximate surface area is 106 Å². The normalized spacial score (nSPS) is 12.9. The molecule has 1 atom stereocenters. The molecule has 0 aromatic carbocycles. The van der Waals surface area contributed by atoms with Gasteiger partial charge in [0.1, 0.15) is 0 Å². The van der Waals surface area contributed by atoms with Gasteiger partial charge in [-0.3, -0.25) is 4.68 Å². The van der Waals surface area contributed by atoms with Crippen LogP contribution < -0.4 is 5.32 Å². The molecule has 3 nitrogen and oxygen atoms in total. The molecule has 0 saturated heterocycles. The monoisotopic (exact) mass is 249 g/mol. The van der Waals surface area contributed by atoms with Gasteiger partial charge in [-0.25, -0.2) is 0 Å². The number of nitrogens with zero attached hydrogens (tertiary/aromatic N) is 2. The molecule has 1 unspecified atom stereocenters. The van der Waals surface area contributed by atoms with Crippen LogP contribution in [0.4, 0.5) is 0 Å². The highest BCUT2D eigenvalue weighted by atomic mass is 32.1. The van der Waals surface area contributed by atoms with Gasteiger partial charge in [0.05, 0.1) is 5.69 Å². The Morgan fingerprint density at radius 2 is 2.24 bits per heavy atom. The van der Waals surface area contributed by atoms with E-state index < -0.39 is 0 Å². The number of aryl methyl sites for hydroxylation is 3. The summed E-state index contributed by atoms with van der Waals surface area (Å²) >= 11 is 1.87. The fourth-order valence-corrected chi connectivity index (χ4v) is 3.05. The van der Waals surface area contributed by atoms with Crippen molar-refractivity contribution in [3.05, 3.63) is 39.3 Å². The van der Waals surface area contributed by atoms with E-state index in [2.05, 4.69) is 37.3 Å². The first-order valence-electron chi connectivity index (χ1n) is 5.85. The highest BCUT2D eigenvalue weighted by Crippen LogP contribution is 2.26.